The molecule has 2 atom stereocenters. The van der Waals surface area contributed by atoms with Crippen molar-refractivity contribution in [2.24, 2.45) is 0 Å². The lowest BCUT2D eigenvalue weighted by molar-refractivity contribution is -0.126. The van der Waals surface area contributed by atoms with E-state index in [0.29, 0.717) is 18.7 Å². The summed E-state index contributed by atoms with van der Waals surface area (Å²) < 4.78 is 26.7. The predicted molar refractivity (Wildman–Crippen MR) is 126 cm³/mol. The molecule has 2 aromatic rings. The van der Waals surface area contributed by atoms with Crippen LogP contribution in [0.15, 0.2) is 36.5 Å². The van der Waals surface area contributed by atoms with E-state index in [9.17, 15) is 18.4 Å². The highest BCUT2D eigenvalue weighted by Crippen LogP contribution is 2.19. The lowest BCUT2D eigenvalue weighted by Gasteiger charge is -2.24. The Kier molecular flexibility index (Phi) is 10.4. The van der Waals surface area contributed by atoms with Gasteiger partial charge in [0.1, 0.15) is 23.5 Å². The fraction of sp³-hybridized carbons (Fsp3) is 0.480. The number of anilines is 1. The molecular weight excluding hydrogens is 426 g/mol. The van der Waals surface area contributed by atoms with E-state index in [1.165, 1.54) is 0 Å². The number of amides is 2. The number of halogens is 2. The van der Waals surface area contributed by atoms with Crippen molar-refractivity contribution in [2.75, 3.05) is 18.9 Å². The fourth-order valence-corrected chi connectivity index (χ4v) is 3.50. The van der Waals surface area contributed by atoms with Gasteiger partial charge in [0.25, 0.3) is 0 Å². The molecule has 6 nitrogen and oxygen atoms in total. The molecule has 8 heteroatoms. The van der Waals surface area contributed by atoms with E-state index in [1.54, 1.807) is 12.3 Å². The summed E-state index contributed by atoms with van der Waals surface area (Å²) >= 11 is 0. The van der Waals surface area contributed by atoms with E-state index in [-0.39, 0.29) is 23.9 Å². The number of aromatic nitrogens is 1. The number of benzene rings is 1. The first-order valence-electron chi connectivity index (χ1n) is 11.4. The van der Waals surface area contributed by atoms with Crippen LogP contribution in [-0.4, -0.2) is 41.3 Å². The van der Waals surface area contributed by atoms with Crippen LogP contribution < -0.4 is 10.6 Å². The largest absolute Gasteiger partial charge is 0.344 e. The summed E-state index contributed by atoms with van der Waals surface area (Å²) in [4.78, 5) is 31.7. The van der Waals surface area contributed by atoms with Gasteiger partial charge in [-0.15, -0.1) is 0 Å². The highest BCUT2D eigenvalue weighted by atomic mass is 19.1. The minimum absolute atomic E-state index is 0.202. The van der Waals surface area contributed by atoms with Gasteiger partial charge in [0.2, 0.25) is 11.8 Å². The monoisotopic (exact) mass is 460 g/mol. The Morgan fingerprint density at radius 1 is 1.09 bits per heavy atom. The number of nitrogens with zero attached hydrogens (tertiary/aromatic N) is 2. The van der Waals surface area contributed by atoms with Gasteiger partial charge in [-0.3, -0.25) is 14.5 Å². The maximum atomic E-state index is 13.4. The van der Waals surface area contributed by atoms with E-state index in [4.69, 9.17) is 0 Å². The zero-order valence-electron chi connectivity index (χ0n) is 19.8. The molecule has 0 radical (unpaired) electrons. The van der Waals surface area contributed by atoms with Crippen LogP contribution in [0.25, 0.3) is 0 Å². The molecule has 0 saturated heterocycles. The summed E-state index contributed by atoms with van der Waals surface area (Å²) in [5.74, 6) is -1.97. The second kappa shape index (κ2) is 13.0. The molecular formula is C25H34F2N4O2. The van der Waals surface area contributed by atoms with Gasteiger partial charge in [-0.25, -0.2) is 13.8 Å². The average molecular weight is 461 g/mol. The van der Waals surface area contributed by atoms with E-state index in [0.717, 1.165) is 43.1 Å². The molecule has 1 aromatic carbocycles. The zero-order valence-corrected chi connectivity index (χ0v) is 19.8. The third kappa shape index (κ3) is 8.53. The number of nitrogens with one attached hydrogen (secondary N) is 2. The molecule has 2 amide bonds. The number of unbranched alkanes of at least 4 members (excludes halogenated alkanes) is 1. The molecule has 1 aromatic heterocycles. The van der Waals surface area contributed by atoms with Crippen LogP contribution in [0.1, 0.15) is 63.6 Å². The second-order valence-electron chi connectivity index (χ2n) is 8.34. The molecule has 2 unspecified atom stereocenters. The number of carbonyl (C=O) groups excluding carboxylic acids is 2. The molecule has 0 aliphatic heterocycles. The standard InChI is InChI=1S/C25H34F2N4O2/c1-5-7-11-31(4)17(3)19-9-10-23(28-16-19)30-25(33)22(8-6-2)29-24(32)14-18-12-20(26)15-21(27)13-18/h9-10,12-13,15-17,22H,5-8,11,14H2,1-4H3,(H,29,32)(H,28,30,33). The number of pyridine rings is 1. The highest BCUT2D eigenvalue weighted by molar-refractivity contribution is 5.96. The van der Waals surface area contributed by atoms with Gasteiger partial charge in [0.15, 0.2) is 0 Å². The van der Waals surface area contributed by atoms with Crippen LogP contribution in [0.5, 0.6) is 0 Å². The van der Waals surface area contributed by atoms with E-state index >= 15 is 0 Å². The van der Waals surface area contributed by atoms with E-state index in [2.05, 4.69) is 41.4 Å². The van der Waals surface area contributed by atoms with Crippen LogP contribution in [0.3, 0.4) is 0 Å². The molecule has 0 saturated carbocycles. The molecule has 33 heavy (non-hydrogen) atoms. The molecule has 0 spiro atoms. The van der Waals surface area contributed by atoms with Crippen molar-refractivity contribution in [1.29, 1.82) is 0 Å². The molecule has 2 N–H and O–H groups in total. The Balaban J connectivity index is 1.97. The van der Waals surface area contributed by atoms with Crippen molar-refractivity contribution in [3.63, 3.8) is 0 Å². The highest BCUT2D eigenvalue weighted by Gasteiger charge is 2.21. The van der Waals surface area contributed by atoms with Crippen molar-refractivity contribution in [3.05, 3.63) is 59.3 Å². The third-order valence-corrected chi connectivity index (χ3v) is 5.56. The SMILES string of the molecule is CCCCN(C)C(C)c1ccc(NC(=O)C(CCC)NC(=O)Cc2cc(F)cc(F)c2)nc1. The van der Waals surface area contributed by atoms with Gasteiger partial charge >= 0.3 is 0 Å². The Bertz CT molecular complexity index is 901. The Hall–Kier alpha value is -2.87. The lowest BCUT2D eigenvalue weighted by atomic mass is 10.1. The van der Waals surface area contributed by atoms with Crippen LogP contribution >= 0.6 is 0 Å². The topological polar surface area (TPSA) is 74.3 Å². The van der Waals surface area contributed by atoms with Crippen molar-refractivity contribution >= 4 is 17.6 Å². The normalized spacial score (nSPS) is 12.9. The summed E-state index contributed by atoms with van der Waals surface area (Å²) in [5.41, 5.74) is 1.25. The van der Waals surface area contributed by atoms with Gasteiger partial charge in [0.05, 0.1) is 6.42 Å². The maximum Gasteiger partial charge on any atom is 0.248 e. The van der Waals surface area contributed by atoms with Crippen molar-refractivity contribution in [2.45, 2.75) is 65.0 Å². The number of hydrogen-bond acceptors (Lipinski definition) is 4. The number of hydrogen-bond donors (Lipinski definition) is 2. The molecule has 2 rings (SSSR count). The second-order valence-corrected chi connectivity index (χ2v) is 8.34. The fourth-order valence-electron chi connectivity index (χ4n) is 3.50. The number of rotatable bonds is 12. The van der Waals surface area contributed by atoms with E-state index < -0.39 is 23.6 Å². The number of carbonyl (C=O) groups is 2. The lowest BCUT2D eigenvalue weighted by Crippen LogP contribution is -2.44. The maximum absolute atomic E-state index is 13.4. The summed E-state index contributed by atoms with van der Waals surface area (Å²) in [6.45, 7) is 7.17. The van der Waals surface area contributed by atoms with E-state index in [1.807, 2.05) is 13.0 Å². The minimum atomic E-state index is -0.776. The molecule has 0 aliphatic carbocycles. The smallest absolute Gasteiger partial charge is 0.248 e. The molecule has 180 valence electrons. The molecule has 0 aliphatic rings. The van der Waals surface area contributed by atoms with Gasteiger partial charge < -0.3 is 10.6 Å². The average Bonchev–Trinajstić information content (AvgIpc) is 2.76. The van der Waals surface area contributed by atoms with Crippen molar-refractivity contribution < 1.29 is 18.4 Å². The van der Waals surface area contributed by atoms with Crippen LogP contribution in [0.2, 0.25) is 0 Å². The molecule has 0 bridgehead atoms. The third-order valence-electron chi connectivity index (χ3n) is 5.56. The Morgan fingerprint density at radius 2 is 1.79 bits per heavy atom. The Morgan fingerprint density at radius 3 is 2.36 bits per heavy atom. The summed E-state index contributed by atoms with van der Waals surface area (Å²) in [6.07, 6.45) is 4.87. The van der Waals surface area contributed by atoms with Gasteiger partial charge in [-0.2, -0.15) is 0 Å². The summed E-state index contributed by atoms with van der Waals surface area (Å²) in [7, 11) is 2.08. The van der Waals surface area contributed by atoms with Gasteiger partial charge in [-0.1, -0.05) is 32.8 Å². The van der Waals surface area contributed by atoms with Crippen LogP contribution in [0.4, 0.5) is 14.6 Å². The van der Waals surface area contributed by atoms with Crippen LogP contribution in [0, 0.1) is 11.6 Å². The summed E-state index contributed by atoms with van der Waals surface area (Å²) in [6, 6.07) is 6.05. The van der Waals surface area contributed by atoms with Crippen LogP contribution in [-0.2, 0) is 16.0 Å². The molecule has 0 fully saturated rings. The van der Waals surface area contributed by atoms with Crippen molar-refractivity contribution in [3.8, 4) is 0 Å². The zero-order chi connectivity index (χ0) is 24.4. The van der Waals surface area contributed by atoms with Gasteiger partial charge in [0, 0.05) is 18.3 Å². The molecule has 1 heterocycles. The van der Waals surface area contributed by atoms with Gasteiger partial charge in [-0.05, 0) is 62.7 Å². The summed E-state index contributed by atoms with van der Waals surface area (Å²) in [5, 5.41) is 5.40. The first-order valence-corrected chi connectivity index (χ1v) is 11.4. The quantitative estimate of drug-likeness (QED) is 0.485. The first-order chi connectivity index (χ1) is 15.7. The minimum Gasteiger partial charge on any atom is -0.344 e. The van der Waals surface area contributed by atoms with Crippen molar-refractivity contribution in [1.82, 2.24) is 15.2 Å². The predicted octanol–water partition coefficient (Wildman–Crippen LogP) is 4.62. The first kappa shape index (κ1) is 26.4. The Labute approximate surface area is 194 Å².